The van der Waals surface area contributed by atoms with Gasteiger partial charge in [-0.3, -0.25) is 3.97 Å². The Hall–Kier alpha value is -2.18. The molecule has 34 heavy (non-hydrogen) atoms. The summed E-state index contributed by atoms with van der Waals surface area (Å²) in [7, 11) is -8.20. The Morgan fingerprint density at radius 1 is 1.21 bits per heavy atom. The van der Waals surface area contributed by atoms with Crippen LogP contribution in [0.1, 0.15) is 39.5 Å². The lowest BCUT2D eigenvalue weighted by molar-refractivity contribution is 0.236. The van der Waals surface area contributed by atoms with Crippen molar-refractivity contribution < 1.29 is 25.6 Å². The second-order valence-corrected chi connectivity index (χ2v) is 13.8. The van der Waals surface area contributed by atoms with Crippen molar-refractivity contribution in [1.29, 1.82) is 0 Å². The first kappa shape index (κ1) is 23.6. The molecule has 184 valence electrons. The van der Waals surface area contributed by atoms with E-state index in [2.05, 4.69) is 5.10 Å². The molecule has 1 aliphatic heterocycles. The van der Waals surface area contributed by atoms with Gasteiger partial charge in [0.2, 0.25) is 10.0 Å². The van der Waals surface area contributed by atoms with Crippen molar-refractivity contribution in [3.63, 3.8) is 0 Å². The summed E-state index contributed by atoms with van der Waals surface area (Å²) < 4.78 is 82.0. The lowest BCUT2D eigenvalue weighted by Crippen LogP contribution is -2.45. The van der Waals surface area contributed by atoms with Crippen LogP contribution in [0, 0.1) is 5.82 Å². The van der Waals surface area contributed by atoms with Gasteiger partial charge in [-0.15, -0.1) is 5.10 Å². The predicted molar refractivity (Wildman–Crippen MR) is 125 cm³/mol. The Bertz CT molecular complexity index is 1510. The smallest absolute Gasteiger partial charge is 0.285 e. The minimum atomic E-state index is -4.42. The van der Waals surface area contributed by atoms with Crippen LogP contribution in [-0.4, -0.2) is 53.5 Å². The van der Waals surface area contributed by atoms with Gasteiger partial charge >= 0.3 is 0 Å². The van der Waals surface area contributed by atoms with Crippen LogP contribution in [0.3, 0.4) is 0 Å². The van der Waals surface area contributed by atoms with E-state index in [1.54, 1.807) is 0 Å². The van der Waals surface area contributed by atoms with Crippen molar-refractivity contribution in [2.24, 2.45) is 0 Å². The molecule has 1 aliphatic carbocycles. The zero-order chi connectivity index (χ0) is 24.6. The van der Waals surface area contributed by atoms with Gasteiger partial charge in [0.1, 0.15) is 16.9 Å². The first-order valence-electron chi connectivity index (χ1n) is 10.8. The molecule has 0 radical (unpaired) electrons. The van der Waals surface area contributed by atoms with Crippen LogP contribution in [0.25, 0.3) is 10.9 Å². The van der Waals surface area contributed by atoms with Crippen molar-refractivity contribution in [2.75, 3.05) is 11.4 Å². The summed E-state index contributed by atoms with van der Waals surface area (Å²) in [6.45, 7) is 3.29. The number of piperidine rings is 1. The monoisotopic (exact) mass is 532 g/mol. The van der Waals surface area contributed by atoms with Crippen LogP contribution < -0.4 is 4.90 Å². The van der Waals surface area contributed by atoms with Gasteiger partial charge in [0, 0.05) is 37.0 Å². The molecule has 0 N–H and O–H groups in total. The quantitative estimate of drug-likeness (QED) is 0.494. The van der Waals surface area contributed by atoms with Gasteiger partial charge in [-0.1, -0.05) is 11.6 Å². The van der Waals surface area contributed by atoms with Crippen molar-refractivity contribution in [3.8, 4) is 0 Å². The van der Waals surface area contributed by atoms with Gasteiger partial charge in [-0.2, -0.15) is 12.5 Å². The van der Waals surface area contributed by atoms with Crippen LogP contribution in [-0.2, 0) is 20.0 Å². The molecule has 3 aromatic rings. The fourth-order valence-electron chi connectivity index (χ4n) is 4.59. The highest BCUT2D eigenvalue weighted by Gasteiger charge is 2.53. The Balaban J connectivity index is 1.69. The summed E-state index contributed by atoms with van der Waals surface area (Å²) in [6.07, 6.45) is 3.24. The summed E-state index contributed by atoms with van der Waals surface area (Å²) in [6, 6.07) is 3.26. The average molecular weight is 533 g/mol. The normalized spacial score (nSPS) is 20.5. The molecular formula is C21H23ClF2N4O4S2. The van der Waals surface area contributed by atoms with E-state index in [-0.39, 0.29) is 33.1 Å². The Kier molecular flexibility index (Phi) is 5.31. The molecule has 2 fully saturated rings. The second-order valence-electron chi connectivity index (χ2n) is 9.19. The third-order valence-electron chi connectivity index (χ3n) is 6.63. The third kappa shape index (κ3) is 3.53. The zero-order valence-corrected chi connectivity index (χ0v) is 20.8. The summed E-state index contributed by atoms with van der Waals surface area (Å²) >= 11 is 6.36. The zero-order valence-electron chi connectivity index (χ0n) is 18.4. The number of hydrogen-bond donors (Lipinski definition) is 0. The standard InChI is InChI=1S/C21H23ClF2N4O4S2/c1-13(2)33(29,30)26-7-4-16(12-26)34(31,32)28-18-10-15(24)9-17(22)19(18)20(25-28)27-8-3-14(23)11-21(27)5-6-21/h4,7,9-10,12-14H,3,5-6,8,11H2,1-2H3. The van der Waals surface area contributed by atoms with E-state index in [0.717, 1.165) is 47.4 Å². The van der Waals surface area contributed by atoms with Gasteiger partial charge in [0.25, 0.3) is 10.0 Å². The summed E-state index contributed by atoms with van der Waals surface area (Å²) in [5, 5.41) is 3.83. The molecule has 3 heterocycles. The topological polar surface area (TPSA) is 94.3 Å². The van der Waals surface area contributed by atoms with Gasteiger partial charge < -0.3 is 4.90 Å². The minimum absolute atomic E-state index is 0.00965. The van der Waals surface area contributed by atoms with Crippen molar-refractivity contribution in [1.82, 2.24) is 13.2 Å². The first-order chi connectivity index (χ1) is 15.9. The maximum absolute atomic E-state index is 14.3. The molecule has 5 rings (SSSR count). The first-order valence-corrected chi connectivity index (χ1v) is 14.2. The molecule has 1 unspecified atom stereocenters. The Labute approximate surface area is 201 Å². The predicted octanol–water partition coefficient (Wildman–Crippen LogP) is 3.92. The highest BCUT2D eigenvalue weighted by Crippen LogP contribution is 2.52. The molecular weight excluding hydrogens is 510 g/mol. The molecule has 1 saturated heterocycles. The van der Waals surface area contributed by atoms with Crippen LogP contribution in [0.4, 0.5) is 14.6 Å². The number of benzene rings is 1. The van der Waals surface area contributed by atoms with E-state index in [4.69, 9.17) is 11.6 Å². The SMILES string of the molecule is CC(C)S(=O)(=O)n1ccc(S(=O)(=O)n2nc(N3CCC(F)CC34CC4)c3c(Cl)cc(F)cc32)c1. The number of nitrogens with zero attached hydrogens (tertiary/aromatic N) is 4. The molecule has 2 aliphatic rings. The Morgan fingerprint density at radius 3 is 2.56 bits per heavy atom. The van der Waals surface area contributed by atoms with E-state index in [1.165, 1.54) is 13.8 Å². The molecule has 13 heteroatoms. The van der Waals surface area contributed by atoms with Gasteiger partial charge in [0.15, 0.2) is 5.82 Å². The highest BCUT2D eigenvalue weighted by molar-refractivity contribution is 7.91. The van der Waals surface area contributed by atoms with E-state index in [9.17, 15) is 25.6 Å². The van der Waals surface area contributed by atoms with Gasteiger partial charge in [0.05, 0.1) is 21.2 Å². The molecule has 8 nitrogen and oxygen atoms in total. The number of halogens is 3. The molecule has 1 aromatic carbocycles. The third-order valence-corrected chi connectivity index (χ3v) is 10.5. The summed E-state index contributed by atoms with van der Waals surface area (Å²) in [5.41, 5.74) is -0.530. The second kappa shape index (κ2) is 7.66. The van der Waals surface area contributed by atoms with Crippen molar-refractivity contribution >= 4 is 48.4 Å². The van der Waals surface area contributed by atoms with Gasteiger partial charge in [-0.05, 0) is 45.2 Å². The summed E-state index contributed by atoms with van der Waals surface area (Å²) in [5.74, 6) is -0.494. The van der Waals surface area contributed by atoms with Crippen LogP contribution in [0.2, 0.25) is 5.02 Å². The van der Waals surface area contributed by atoms with Crippen molar-refractivity contribution in [3.05, 3.63) is 41.4 Å². The maximum Gasteiger partial charge on any atom is 0.285 e. The number of anilines is 1. The molecule has 0 amide bonds. The molecule has 1 saturated carbocycles. The number of rotatable bonds is 5. The fourth-order valence-corrected chi connectivity index (χ4v) is 7.18. The van der Waals surface area contributed by atoms with Crippen molar-refractivity contribution in [2.45, 2.75) is 61.4 Å². The minimum Gasteiger partial charge on any atom is -0.349 e. The molecule has 1 atom stereocenters. The maximum atomic E-state index is 14.3. The lowest BCUT2D eigenvalue weighted by Gasteiger charge is -2.38. The number of alkyl halides is 1. The number of aromatic nitrogens is 3. The largest absolute Gasteiger partial charge is 0.349 e. The van der Waals surface area contributed by atoms with E-state index in [0.29, 0.717) is 17.1 Å². The highest BCUT2D eigenvalue weighted by atomic mass is 35.5. The Morgan fingerprint density at radius 2 is 1.91 bits per heavy atom. The lowest BCUT2D eigenvalue weighted by atomic mass is 9.98. The average Bonchev–Trinajstić information content (AvgIpc) is 3.15. The van der Waals surface area contributed by atoms with E-state index >= 15 is 0 Å². The summed E-state index contributed by atoms with van der Waals surface area (Å²) in [4.78, 5) is 1.56. The van der Waals surface area contributed by atoms with E-state index in [1.807, 2.05) is 4.90 Å². The molecule has 0 bridgehead atoms. The number of fused-ring (bicyclic) bond motifs is 1. The van der Waals surface area contributed by atoms with Crippen LogP contribution >= 0.6 is 11.6 Å². The fraction of sp³-hybridized carbons (Fsp3) is 0.476. The molecule has 1 spiro atoms. The van der Waals surface area contributed by atoms with E-state index < -0.39 is 42.8 Å². The van der Waals surface area contributed by atoms with Crippen LogP contribution in [0.15, 0.2) is 35.5 Å². The number of hydrogen-bond acceptors (Lipinski definition) is 6. The molecule has 2 aromatic heterocycles. The van der Waals surface area contributed by atoms with Crippen LogP contribution in [0.5, 0.6) is 0 Å². The van der Waals surface area contributed by atoms with Gasteiger partial charge in [-0.25, -0.2) is 17.2 Å².